The maximum atomic E-state index is 11.9. The average Bonchev–Trinajstić information content (AvgIpc) is 2.76. The zero-order valence-corrected chi connectivity index (χ0v) is 14.4. The second-order valence-corrected chi connectivity index (χ2v) is 5.65. The Kier molecular flexibility index (Phi) is 8.45. The van der Waals surface area contributed by atoms with Gasteiger partial charge in [0.1, 0.15) is 0 Å². The van der Waals surface area contributed by atoms with Crippen LogP contribution in [0.25, 0.3) is 0 Å². The molecular weight excluding hydrogens is 302 g/mol. The molecule has 0 atom stereocenters. The fourth-order valence-electron chi connectivity index (χ4n) is 2.74. The second kappa shape index (κ2) is 9.82. The van der Waals surface area contributed by atoms with Crippen LogP contribution in [0.2, 0.25) is 0 Å². The van der Waals surface area contributed by atoms with Crippen LogP contribution in [0.5, 0.6) is 0 Å². The molecular formula is C15H28ClN5O. The molecule has 1 amide bonds. The number of carbonyl (C=O) groups is 1. The number of likely N-dealkylation sites (N-methyl/N-ethyl adjacent to an activating group) is 1. The van der Waals surface area contributed by atoms with E-state index in [1.807, 2.05) is 22.8 Å². The van der Waals surface area contributed by atoms with Crippen molar-refractivity contribution < 1.29 is 4.79 Å². The zero-order valence-electron chi connectivity index (χ0n) is 13.6. The van der Waals surface area contributed by atoms with Crippen molar-refractivity contribution in [3.63, 3.8) is 0 Å². The van der Waals surface area contributed by atoms with Crippen LogP contribution in [0, 0.1) is 0 Å². The molecule has 1 fully saturated rings. The second-order valence-electron chi connectivity index (χ2n) is 5.65. The van der Waals surface area contributed by atoms with E-state index in [0.717, 1.165) is 52.1 Å². The van der Waals surface area contributed by atoms with Crippen molar-refractivity contribution in [2.24, 2.45) is 0 Å². The maximum Gasteiger partial charge on any atom is 0.236 e. The van der Waals surface area contributed by atoms with E-state index < -0.39 is 0 Å². The van der Waals surface area contributed by atoms with Gasteiger partial charge in [0.15, 0.2) is 0 Å². The molecule has 1 aromatic rings. The van der Waals surface area contributed by atoms with Crippen molar-refractivity contribution in [3.8, 4) is 0 Å². The topological polar surface area (TPSA) is 53.4 Å². The highest BCUT2D eigenvalue weighted by Crippen LogP contribution is 2.09. The molecule has 7 heteroatoms. The van der Waals surface area contributed by atoms with Crippen LogP contribution < -0.4 is 5.32 Å². The molecule has 1 aliphatic rings. The van der Waals surface area contributed by atoms with Crippen molar-refractivity contribution in [3.05, 3.63) is 18.0 Å². The monoisotopic (exact) mass is 329 g/mol. The number of carbonyl (C=O) groups excluding carboxylic acids is 1. The summed E-state index contributed by atoms with van der Waals surface area (Å²) in [5.41, 5.74) is 1.26. The predicted molar refractivity (Wildman–Crippen MR) is 90.2 cm³/mol. The minimum atomic E-state index is 0. The summed E-state index contributed by atoms with van der Waals surface area (Å²) in [4.78, 5) is 16.3. The molecule has 2 heterocycles. The first-order chi connectivity index (χ1) is 10.2. The molecule has 0 saturated carbocycles. The molecule has 0 aromatic carbocycles. The first-order valence-electron chi connectivity index (χ1n) is 7.89. The Hall–Kier alpha value is -1.11. The number of aromatic nitrogens is 2. The highest BCUT2D eigenvalue weighted by molar-refractivity contribution is 5.85. The van der Waals surface area contributed by atoms with Gasteiger partial charge in [0, 0.05) is 51.0 Å². The summed E-state index contributed by atoms with van der Waals surface area (Å²) in [6, 6.07) is 0. The van der Waals surface area contributed by atoms with Gasteiger partial charge in [-0.2, -0.15) is 5.10 Å². The van der Waals surface area contributed by atoms with Crippen LogP contribution in [0.1, 0.15) is 25.3 Å². The largest absolute Gasteiger partial charge is 0.340 e. The normalized spacial score (nSPS) is 16.2. The molecule has 2 rings (SSSR count). The van der Waals surface area contributed by atoms with Gasteiger partial charge in [-0.05, 0) is 19.9 Å². The van der Waals surface area contributed by atoms with E-state index in [1.165, 1.54) is 5.56 Å². The summed E-state index contributed by atoms with van der Waals surface area (Å²) in [6.45, 7) is 8.17. The van der Waals surface area contributed by atoms with Gasteiger partial charge in [-0.25, -0.2) is 0 Å². The van der Waals surface area contributed by atoms with Gasteiger partial charge in [-0.15, -0.1) is 12.4 Å². The van der Waals surface area contributed by atoms with Gasteiger partial charge in [0.2, 0.25) is 5.91 Å². The standard InChI is InChI=1S/C15H27N5O.ClH/c1-3-5-20-13-14(10-17-20)12-18-6-4-7-19(9-8-18)15(21)11-16-2;/h10,13,16H,3-9,11-12H2,1-2H3;1H. The van der Waals surface area contributed by atoms with E-state index in [-0.39, 0.29) is 18.3 Å². The van der Waals surface area contributed by atoms with Crippen molar-refractivity contribution in [1.29, 1.82) is 0 Å². The van der Waals surface area contributed by atoms with Crippen LogP contribution >= 0.6 is 12.4 Å². The first-order valence-corrected chi connectivity index (χ1v) is 7.89. The number of amides is 1. The number of aryl methyl sites for hydroxylation is 1. The number of hydrogen-bond acceptors (Lipinski definition) is 4. The van der Waals surface area contributed by atoms with E-state index in [1.54, 1.807) is 0 Å². The van der Waals surface area contributed by atoms with Gasteiger partial charge >= 0.3 is 0 Å². The molecule has 0 aliphatic carbocycles. The Morgan fingerprint density at radius 2 is 2.14 bits per heavy atom. The van der Waals surface area contributed by atoms with Gasteiger partial charge in [0.25, 0.3) is 0 Å². The van der Waals surface area contributed by atoms with Gasteiger partial charge in [-0.1, -0.05) is 6.92 Å². The van der Waals surface area contributed by atoms with Gasteiger partial charge in [0.05, 0.1) is 12.7 Å². The Labute approximate surface area is 139 Å². The summed E-state index contributed by atoms with van der Waals surface area (Å²) >= 11 is 0. The molecule has 0 bridgehead atoms. The van der Waals surface area contributed by atoms with E-state index >= 15 is 0 Å². The Balaban J connectivity index is 0.00000242. The van der Waals surface area contributed by atoms with Crippen LogP contribution in [0.15, 0.2) is 12.4 Å². The number of nitrogens with one attached hydrogen (secondary N) is 1. The van der Waals surface area contributed by atoms with Gasteiger partial charge < -0.3 is 10.2 Å². The quantitative estimate of drug-likeness (QED) is 0.845. The summed E-state index contributed by atoms with van der Waals surface area (Å²) in [6.07, 6.45) is 6.24. The van der Waals surface area contributed by atoms with E-state index in [4.69, 9.17) is 0 Å². The molecule has 0 unspecified atom stereocenters. The Morgan fingerprint density at radius 1 is 1.32 bits per heavy atom. The smallest absolute Gasteiger partial charge is 0.236 e. The van der Waals surface area contributed by atoms with E-state index in [2.05, 4.69) is 28.4 Å². The van der Waals surface area contributed by atoms with Crippen LogP contribution in [0.4, 0.5) is 0 Å². The van der Waals surface area contributed by atoms with E-state index in [0.29, 0.717) is 6.54 Å². The number of nitrogens with zero attached hydrogens (tertiary/aromatic N) is 4. The predicted octanol–water partition coefficient (Wildman–Crippen LogP) is 0.969. The van der Waals surface area contributed by atoms with Crippen molar-refractivity contribution in [2.75, 3.05) is 39.8 Å². The van der Waals surface area contributed by atoms with Crippen molar-refractivity contribution >= 4 is 18.3 Å². The highest BCUT2D eigenvalue weighted by atomic mass is 35.5. The fourth-order valence-corrected chi connectivity index (χ4v) is 2.74. The lowest BCUT2D eigenvalue weighted by Gasteiger charge is -2.21. The van der Waals surface area contributed by atoms with E-state index in [9.17, 15) is 4.79 Å². The Morgan fingerprint density at radius 3 is 2.86 bits per heavy atom. The minimum absolute atomic E-state index is 0. The average molecular weight is 330 g/mol. The summed E-state index contributed by atoms with van der Waals surface area (Å²) in [5, 5.41) is 7.31. The summed E-state index contributed by atoms with van der Waals surface area (Å²) in [7, 11) is 1.82. The fraction of sp³-hybridized carbons (Fsp3) is 0.733. The summed E-state index contributed by atoms with van der Waals surface area (Å²) < 4.78 is 2.01. The third-order valence-corrected chi connectivity index (χ3v) is 3.81. The lowest BCUT2D eigenvalue weighted by Crippen LogP contribution is -2.39. The molecule has 126 valence electrons. The lowest BCUT2D eigenvalue weighted by atomic mass is 10.3. The molecule has 6 nitrogen and oxygen atoms in total. The SMILES string of the molecule is CCCn1cc(CN2CCCN(C(=O)CNC)CC2)cn1.Cl. The molecule has 1 aromatic heterocycles. The molecule has 1 aliphatic heterocycles. The molecule has 1 saturated heterocycles. The Bertz CT molecular complexity index is 451. The molecule has 0 spiro atoms. The lowest BCUT2D eigenvalue weighted by molar-refractivity contribution is -0.130. The number of hydrogen-bond donors (Lipinski definition) is 1. The summed E-state index contributed by atoms with van der Waals surface area (Å²) in [5.74, 6) is 0.204. The van der Waals surface area contributed by atoms with Crippen molar-refractivity contribution in [2.45, 2.75) is 32.9 Å². The third-order valence-electron chi connectivity index (χ3n) is 3.81. The highest BCUT2D eigenvalue weighted by Gasteiger charge is 2.18. The molecule has 22 heavy (non-hydrogen) atoms. The number of halogens is 1. The molecule has 0 radical (unpaired) electrons. The van der Waals surface area contributed by atoms with Crippen LogP contribution in [-0.4, -0.2) is 65.3 Å². The third kappa shape index (κ3) is 5.59. The number of rotatable bonds is 6. The minimum Gasteiger partial charge on any atom is -0.340 e. The first kappa shape index (κ1) is 18.9. The maximum absolute atomic E-state index is 11.9. The zero-order chi connectivity index (χ0) is 15.1. The molecule has 1 N–H and O–H groups in total. The van der Waals surface area contributed by atoms with Crippen LogP contribution in [-0.2, 0) is 17.9 Å². The van der Waals surface area contributed by atoms with Crippen LogP contribution in [0.3, 0.4) is 0 Å². The van der Waals surface area contributed by atoms with Crippen molar-refractivity contribution in [1.82, 2.24) is 24.9 Å². The van der Waals surface area contributed by atoms with Gasteiger partial charge in [-0.3, -0.25) is 14.4 Å².